The van der Waals surface area contributed by atoms with Crippen LogP contribution in [-0.4, -0.2) is 35.6 Å². The molecule has 0 aliphatic carbocycles. The van der Waals surface area contributed by atoms with Gasteiger partial charge in [0, 0.05) is 23.7 Å². The first-order valence-electron chi connectivity index (χ1n) is 11.4. The van der Waals surface area contributed by atoms with Crippen molar-refractivity contribution in [3.63, 3.8) is 0 Å². The van der Waals surface area contributed by atoms with Gasteiger partial charge < -0.3 is 9.15 Å². The minimum atomic E-state index is -0.669. The topological polar surface area (TPSA) is 59.8 Å². The third kappa shape index (κ3) is 5.31. The number of hydrogen-bond acceptors (Lipinski definition) is 5. The number of halogens is 1. The lowest BCUT2D eigenvalue weighted by atomic mass is 10.00. The van der Waals surface area contributed by atoms with Gasteiger partial charge in [-0.25, -0.2) is 4.79 Å². The lowest BCUT2D eigenvalue weighted by Crippen LogP contribution is -2.47. The molecule has 1 aromatic heterocycles. The summed E-state index contributed by atoms with van der Waals surface area (Å²) in [6.45, 7) is 9.54. The third-order valence-corrected chi connectivity index (χ3v) is 6.29. The average Bonchev–Trinajstić information content (AvgIpc) is 2.77. The summed E-state index contributed by atoms with van der Waals surface area (Å²) in [5.74, 6) is 0.000953. The van der Waals surface area contributed by atoms with Crippen LogP contribution >= 0.6 is 12.4 Å². The monoisotopic (exact) mass is 469 g/mol. The van der Waals surface area contributed by atoms with E-state index in [-0.39, 0.29) is 29.0 Å². The molecule has 0 radical (unpaired) electrons. The third-order valence-electron chi connectivity index (χ3n) is 6.29. The molecular weight excluding hydrogens is 438 g/mol. The van der Waals surface area contributed by atoms with Gasteiger partial charge in [-0.3, -0.25) is 9.69 Å². The van der Waals surface area contributed by atoms with E-state index in [2.05, 4.69) is 11.8 Å². The molecule has 1 aliphatic rings. The molecule has 2 aromatic carbocycles. The van der Waals surface area contributed by atoms with E-state index in [1.807, 2.05) is 44.2 Å². The second-order valence-corrected chi connectivity index (χ2v) is 9.40. The normalized spacial score (nSPS) is 16.9. The summed E-state index contributed by atoms with van der Waals surface area (Å²) >= 11 is 0. The van der Waals surface area contributed by atoms with Crippen LogP contribution in [0.4, 0.5) is 0 Å². The SMILES string of the molecule is Cc1c(-c2ccccc2)oc2c(C(=O)OC(C)(C)CN3CCCCC3C)cccc2c1=O.Cl. The van der Waals surface area contributed by atoms with Gasteiger partial charge in [-0.1, -0.05) is 42.8 Å². The summed E-state index contributed by atoms with van der Waals surface area (Å²) in [5.41, 5.74) is 1.06. The molecule has 6 heteroatoms. The van der Waals surface area contributed by atoms with Crippen LogP contribution in [0.1, 0.15) is 56.0 Å². The van der Waals surface area contributed by atoms with E-state index in [1.165, 1.54) is 19.3 Å². The van der Waals surface area contributed by atoms with Gasteiger partial charge in [-0.2, -0.15) is 0 Å². The highest BCUT2D eigenvalue weighted by atomic mass is 35.5. The van der Waals surface area contributed by atoms with Gasteiger partial charge in [0.2, 0.25) is 0 Å². The molecular formula is C27H32ClNO4. The molecule has 1 atom stereocenters. The first kappa shape index (κ1) is 25.0. The van der Waals surface area contributed by atoms with Gasteiger partial charge >= 0.3 is 5.97 Å². The standard InChI is InChI=1S/C27H31NO4.ClH/c1-18-11-8-9-16-28(18)17-27(3,4)32-26(30)22-15-10-14-21-23(29)19(2)24(31-25(21)22)20-12-6-5-7-13-20;/h5-7,10,12-15,18H,8-9,11,16-17H2,1-4H3;1H. The fraction of sp³-hybridized carbons (Fsp3) is 0.407. The predicted molar refractivity (Wildman–Crippen MR) is 134 cm³/mol. The Morgan fingerprint density at radius 3 is 2.55 bits per heavy atom. The van der Waals surface area contributed by atoms with Crippen LogP contribution in [0.5, 0.6) is 0 Å². The highest BCUT2D eigenvalue weighted by molar-refractivity contribution is 6.02. The maximum Gasteiger partial charge on any atom is 0.342 e. The van der Waals surface area contributed by atoms with Crippen LogP contribution in [0.3, 0.4) is 0 Å². The van der Waals surface area contributed by atoms with E-state index < -0.39 is 11.6 Å². The number of carbonyl (C=O) groups excluding carboxylic acids is 1. The van der Waals surface area contributed by atoms with Crippen molar-refractivity contribution in [2.45, 2.75) is 58.6 Å². The molecule has 1 aliphatic heterocycles. The van der Waals surface area contributed by atoms with Gasteiger partial charge in [-0.15, -0.1) is 12.4 Å². The number of hydrogen-bond donors (Lipinski definition) is 0. The van der Waals surface area contributed by atoms with Crippen molar-refractivity contribution in [3.8, 4) is 11.3 Å². The number of carbonyl (C=O) groups is 1. The van der Waals surface area contributed by atoms with E-state index >= 15 is 0 Å². The molecule has 2 heterocycles. The van der Waals surface area contributed by atoms with Crippen LogP contribution in [0.25, 0.3) is 22.3 Å². The summed E-state index contributed by atoms with van der Waals surface area (Å²) < 4.78 is 12.1. The van der Waals surface area contributed by atoms with E-state index in [1.54, 1.807) is 25.1 Å². The molecule has 0 amide bonds. The second kappa shape index (κ2) is 10.1. The zero-order valence-corrected chi connectivity index (χ0v) is 20.5. The van der Waals surface area contributed by atoms with Crippen molar-refractivity contribution >= 4 is 29.3 Å². The molecule has 0 bridgehead atoms. The Kier molecular flexibility index (Phi) is 7.65. The molecule has 0 spiro atoms. The minimum absolute atomic E-state index is 0. The van der Waals surface area contributed by atoms with E-state index in [9.17, 15) is 9.59 Å². The van der Waals surface area contributed by atoms with Crippen LogP contribution < -0.4 is 5.43 Å². The van der Waals surface area contributed by atoms with Crippen molar-refractivity contribution in [2.24, 2.45) is 0 Å². The molecule has 4 rings (SSSR count). The molecule has 3 aromatic rings. The number of piperidine rings is 1. The van der Waals surface area contributed by atoms with Crippen LogP contribution in [-0.2, 0) is 4.74 Å². The summed E-state index contributed by atoms with van der Waals surface area (Å²) in [7, 11) is 0. The number of likely N-dealkylation sites (tertiary alicyclic amines) is 1. The van der Waals surface area contributed by atoms with E-state index in [0.29, 0.717) is 29.3 Å². The molecule has 1 fully saturated rings. The predicted octanol–water partition coefficient (Wildman–Crippen LogP) is 6.00. The Balaban J connectivity index is 0.00000306. The average molecular weight is 470 g/mol. The molecule has 33 heavy (non-hydrogen) atoms. The van der Waals surface area contributed by atoms with Gasteiger partial charge in [0.05, 0.1) is 5.39 Å². The van der Waals surface area contributed by atoms with Gasteiger partial charge in [0.25, 0.3) is 0 Å². The fourth-order valence-electron chi connectivity index (χ4n) is 4.55. The Labute approximate surface area is 201 Å². The highest BCUT2D eigenvalue weighted by Gasteiger charge is 2.31. The zero-order valence-electron chi connectivity index (χ0n) is 19.7. The molecule has 0 saturated carbocycles. The quantitative estimate of drug-likeness (QED) is 0.429. The van der Waals surface area contributed by atoms with Crippen molar-refractivity contribution in [3.05, 3.63) is 69.9 Å². The van der Waals surface area contributed by atoms with E-state index in [0.717, 1.165) is 12.1 Å². The fourth-order valence-corrected chi connectivity index (χ4v) is 4.55. The zero-order chi connectivity index (χ0) is 22.9. The van der Waals surface area contributed by atoms with Gasteiger partial charge in [0.15, 0.2) is 11.0 Å². The summed E-state index contributed by atoms with van der Waals surface area (Å²) in [6, 6.07) is 15.0. The maximum atomic E-state index is 13.2. The Hall–Kier alpha value is -2.63. The Bertz CT molecular complexity index is 1190. The number of benzene rings is 2. The molecule has 0 N–H and O–H groups in total. The first-order valence-corrected chi connectivity index (χ1v) is 11.4. The first-order chi connectivity index (χ1) is 15.3. The number of nitrogens with zero attached hydrogens (tertiary/aromatic N) is 1. The number of para-hydroxylation sites is 1. The second-order valence-electron chi connectivity index (χ2n) is 9.40. The lowest BCUT2D eigenvalue weighted by Gasteiger charge is -2.38. The van der Waals surface area contributed by atoms with Crippen LogP contribution in [0.2, 0.25) is 0 Å². The highest BCUT2D eigenvalue weighted by Crippen LogP contribution is 2.29. The minimum Gasteiger partial charge on any atom is -0.455 e. The Morgan fingerprint density at radius 1 is 1.12 bits per heavy atom. The van der Waals surface area contributed by atoms with Crippen molar-refractivity contribution in [1.29, 1.82) is 0 Å². The molecule has 176 valence electrons. The van der Waals surface area contributed by atoms with Crippen LogP contribution in [0.15, 0.2) is 57.7 Å². The van der Waals surface area contributed by atoms with Crippen molar-refractivity contribution < 1.29 is 13.9 Å². The largest absolute Gasteiger partial charge is 0.455 e. The molecule has 1 unspecified atom stereocenters. The Morgan fingerprint density at radius 2 is 1.85 bits per heavy atom. The van der Waals surface area contributed by atoms with Crippen LogP contribution in [0, 0.1) is 6.92 Å². The number of fused-ring (bicyclic) bond motifs is 1. The molecule has 1 saturated heterocycles. The number of ether oxygens (including phenoxy) is 1. The summed E-state index contributed by atoms with van der Waals surface area (Å²) in [5, 5.41) is 0.388. The lowest BCUT2D eigenvalue weighted by molar-refractivity contribution is -0.0258. The summed E-state index contributed by atoms with van der Waals surface area (Å²) in [4.78, 5) is 28.7. The van der Waals surface area contributed by atoms with Crippen molar-refractivity contribution in [2.75, 3.05) is 13.1 Å². The van der Waals surface area contributed by atoms with Gasteiger partial charge in [0.1, 0.15) is 16.9 Å². The number of rotatable bonds is 5. The molecule has 5 nitrogen and oxygen atoms in total. The smallest absolute Gasteiger partial charge is 0.342 e. The van der Waals surface area contributed by atoms with E-state index in [4.69, 9.17) is 9.15 Å². The van der Waals surface area contributed by atoms with Crippen molar-refractivity contribution in [1.82, 2.24) is 4.90 Å². The summed E-state index contributed by atoms with van der Waals surface area (Å²) in [6.07, 6.45) is 3.58. The maximum absolute atomic E-state index is 13.2. The number of esters is 1. The van der Waals surface area contributed by atoms with Gasteiger partial charge in [-0.05, 0) is 59.2 Å².